The third kappa shape index (κ3) is 3.21. The van der Waals surface area contributed by atoms with Crippen molar-refractivity contribution in [3.05, 3.63) is 41.7 Å². The molecule has 0 radical (unpaired) electrons. The number of aromatic carboxylic acids is 1. The first-order valence-corrected chi connectivity index (χ1v) is 6.49. The summed E-state index contributed by atoms with van der Waals surface area (Å²) in [4.78, 5) is 10.8. The fourth-order valence-corrected chi connectivity index (χ4v) is 2.06. The van der Waals surface area contributed by atoms with Gasteiger partial charge in [0.25, 0.3) is 0 Å². The lowest BCUT2D eigenvalue weighted by Gasteiger charge is -2.10. The molecule has 20 heavy (non-hydrogen) atoms. The summed E-state index contributed by atoms with van der Waals surface area (Å²) >= 11 is 0. The lowest BCUT2D eigenvalue weighted by molar-refractivity contribution is 0.0697. The minimum Gasteiger partial charge on any atom is -0.478 e. The van der Waals surface area contributed by atoms with E-state index in [2.05, 4.69) is 17.2 Å². The van der Waals surface area contributed by atoms with E-state index < -0.39 is 5.97 Å². The minimum absolute atomic E-state index is 0.116. The first kappa shape index (κ1) is 14.2. The van der Waals surface area contributed by atoms with Gasteiger partial charge in [0.1, 0.15) is 0 Å². The van der Waals surface area contributed by atoms with Crippen molar-refractivity contribution >= 4 is 5.97 Å². The zero-order valence-electron chi connectivity index (χ0n) is 11.5. The van der Waals surface area contributed by atoms with Crippen molar-refractivity contribution in [2.75, 3.05) is 0 Å². The van der Waals surface area contributed by atoms with Gasteiger partial charge in [0.05, 0.1) is 23.1 Å². The van der Waals surface area contributed by atoms with Crippen molar-refractivity contribution in [1.29, 1.82) is 0 Å². The number of benzene rings is 1. The second-order valence-electron chi connectivity index (χ2n) is 5.05. The van der Waals surface area contributed by atoms with Crippen molar-refractivity contribution in [3.63, 3.8) is 0 Å². The summed E-state index contributed by atoms with van der Waals surface area (Å²) in [5.74, 6) is -0.705. The van der Waals surface area contributed by atoms with Gasteiger partial charge < -0.3 is 10.8 Å². The van der Waals surface area contributed by atoms with Crippen molar-refractivity contribution in [2.45, 2.75) is 32.2 Å². The quantitative estimate of drug-likeness (QED) is 0.867. The van der Waals surface area contributed by atoms with Crippen molar-refractivity contribution in [1.82, 2.24) is 15.0 Å². The molecule has 6 nitrogen and oxygen atoms in total. The Balaban J connectivity index is 2.18. The molecule has 106 valence electrons. The molecule has 1 heterocycles. The van der Waals surface area contributed by atoms with E-state index in [1.807, 2.05) is 13.1 Å². The highest BCUT2D eigenvalue weighted by Crippen LogP contribution is 2.18. The molecule has 1 aromatic heterocycles. The van der Waals surface area contributed by atoms with E-state index in [0.29, 0.717) is 0 Å². The molecule has 0 bridgehead atoms. The SMILES string of the molecule is CC(N)CC(C)c1cn(-c2ccc(C(=O)O)cc2)nn1. The van der Waals surface area contributed by atoms with E-state index in [1.54, 1.807) is 28.9 Å². The molecule has 0 fully saturated rings. The summed E-state index contributed by atoms with van der Waals surface area (Å²) in [6, 6.07) is 6.62. The maximum atomic E-state index is 10.8. The van der Waals surface area contributed by atoms with Crippen LogP contribution in [-0.2, 0) is 0 Å². The third-order valence-corrected chi connectivity index (χ3v) is 3.12. The van der Waals surface area contributed by atoms with Crippen LogP contribution in [0, 0.1) is 0 Å². The van der Waals surface area contributed by atoms with E-state index in [0.717, 1.165) is 17.8 Å². The third-order valence-electron chi connectivity index (χ3n) is 3.12. The van der Waals surface area contributed by atoms with Gasteiger partial charge in [-0.25, -0.2) is 9.48 Å². The predicted octanol–water partition coefficient (Wildman–Crippen LogP) is 1.81. The number of carbonyl (C=O) groups is 1. The highest BCUT2D eigenvalue weighted by atomic mass is 16.4. The molecule has 0 aliphatic rings. The van der Waals surface area contributed by atoms with Gasteiger partial charge in [-0.3, -0.25) is 0 Å². The zero-order valence-corrected chi connectivity index (χ0v) is 11.5. The number of carboxylic acids is 1. The average Bonchev–Trinajstić information content (AvgIpc) is 2.87. The number of carboxylic acid groups (broad SMARTS) is 1. The fraction of sp³-hybridized carbons (Fsp3) is 0.357. The standard InChI is InChI=1S/C14H18N4O2/c1-9(7-10(2)15)13-8-18(17-16-13)12-5-3-11(4-6-12)14(19)20/h3-6,8-10H,7,15H2,1-2H3,(H,19,20). The van der Waals surface area contributed by atoms with Gasteiger partial charge in [0, 0.05) is 12.0 Å². The summed E-state index contributed by atoms with van der Waals surface area (Å²) in [7, 11) is 0. The normalized spacial score (nSPS) is 13.9. The fourth-order valence-electron chi connectivity index (χ4n) is 2.06. The van der Waals surface area contributed by atoms with Crippen LogP contribution in [0.3, 0.4) is 0 Å². The van der Waals surface area contributed by atoms with E-state index in [9.17, 15) is 4.79 Å². The van der Waals surface area contributed by atoms with E-state index >= 15 is 0 Å². The molecule has 1 aromatic carbocycles. The predicted molar refractivity (Wildman–Crippen MR) is 75.0 cm³/mol. The molecule has 6 heteroatoms. The maximum absolute atomic E-state index is 10.8. The summed E-state index contributed by atoms with van der Waals surface area (Å²) in [6.45, 7) is 4.02. The average molecular weight is 274 g/mol. The van der Waals surface area contributed by atoms with Crippen LogP contribution in [0.2, 0.25) is 0 Å². The Morgan fingerprint density at radius 1 is 1.35 bits per heavy atom. The number of hydrogen-bond acceptors (Lipinski definition) is 4. The van der Waals surface area contributed by atoms with Crippen LogP contribution in [0.25, 0.3) is 5.69 Å². The number of aromatic nitrogens is 3. The monoisotopic (exact) mass is 274 g/mol. The van der Waals surface area contributed by atoms with Crippen LogP contribution in [0.15, 0.2) is 30.5 Å². The van der Waals surface area contributed by atoms with E-state index in [1.165, 1.54) is 0 Å². The smallest absolute Gasteiger partial charge is 0.335 e. The number of nitrogens with two attached hydrogens (primary N) is 1. The summed E-state index contributed by atoms with van der Waals surface area (Å²) in [5, 5.41) is 17.1. The van der Waals surface area contributed by atoms with Gasteiger partial charge in [-0.2, -0.15) is 0 Å². The molecule has 2 aromatic rings. The van der Waals surface area contributed by atoms with Crippen LogP contribution < -0.4 is 5.73 Å². The Bertz CT molecular complexity index is 589. The molecule has 0 aliphatic carbocycles. The second kappa shape index (κ2) is 5.83. The number of rotatable bonds is 5. The Morgan fingerprint density at radius 3 is 2.55 bits per heavy atom. The van der Waals surface area contributed by atoms with Gasteiger partial charge in [-0.15, -0.1) is 5.10 Å². The molecular weight excluding hydrogens is 256 g/mol. The lowest BCUT2D eigenvalue weighted by atomic mass is 10.0. The zero-order chi connectivity index (χ0) is 14.7. The largest absolute Gasteiger partial charge is 0.478 e. The molecule has 0 saturated carbocycles. The van der Waals surface area contributed by atoms with Crippen molar-refractivity contribution in [2.24, 2.45) is 5.73 Å². The molecule has 3 N–H and O–H groups in total. The minimum atomic E-state index is -0.943. The van der Waals surface area contributed by atoms with Crippen LogP contribution in [0.1, 0.15) is 42.2 Å². The highest BCUT2D eigenvalue weighted by molar-refractivity contribution is 5.87. The van der Waals surface area contributed by atoms with Crippen molar-refractivity contribution in [3.8, 4) is 5.69 Å². The lowest BCUT2D eigenvalue weighted by Crippen LogP contribution is -2.17. The molecule has 0 saturated heterocycles. The summed E-state index contributed by atoms with van der Waals surface area (Å²) < 4.78 is 1.64. The van der Waals surface area contributed by atoms with Gasteiger partial charge >= 0.3 is 5.97 Å². The van der Waals surface area contributed by atoms with Crippen LogP contribution >= 0.6 is 0 Å². The molecule has 0 spiro atoms. The molecular formula is C14H18N4O2. The second-order valence-corrected chi connectivity index (χ2v) is 5.05. The highest BCUT2D eigenvalue weighted by Gasteiger charge is 2.13. The van der Waals surface area contributed by atoms with Crippen LogP contribution in [0.4, 0.5) is 0 Å². The van der Waals surface area contributed by atoms with Gasteiger partial charge in [0.15, 0.2) is 0 Å². The van der Waals surface area contributed by atoms with Gasteiger partial charge in [0.2, 0.25) is 0 Å². The molecule has 2 unspecified atom stereocenters. The topological polar surface area (TPSA) is 94.0 Å². The Hall–Kier alpha value is -2.21. The van der Waals surface area contributed by atoms with Gasteiger partial charge in [-0.1, -0.05) is 12.1 Å². The summed E-state index contributed by atoms with van der Waals surface area (Å²) in [5.41, 5.74) is 7.69. The van der Waals surface area contributed by atoms with Crippen LogP contribution in [-0.4, -0.2) is 32.1 Å². The Morgan fingerprint density at radius 2 is 2.00 bits per heavy atom. The molecule has 2 atom stereocenters. The number of nitrogens with zero attached hydrogens (tertiary/aromatic N) is 3. The van der Waals surface area contributed by atoms with E-state index in [4.69, 9.17) is 10.8 Å². The first-order valence-electron chi connectivity index (χ1n) is 6.49. The molecule has 0 amide bonds. The Kier molecular flexibility index (Phi) is 4.14. The van der Waals surface area contributed by atoms with Crippen molar-refractivity contribution < 1.29 is 9.90 Å². The summed E-state index contributed by atoms with van der Waals surface area (Å²) in [6.07, 6.45) is 2.69. The van der Waals surface area contributed by atoms with Crippen LogP contribution in [0.5, 0.6) is 0 Å². The maximum Gasteiger partial charge on any atom is 0.335 e. The van der Waals surface area contributed by atoms with Gasteiger partial charge in [-0.05, 0) is 37.6 Å². The molecule has 0 aliphatic heterocycles. The molecule has 2 rings (SSSR count). The first-order chi connectivity index (χ1) is 9.47. The van der Waals surface area contributed by atoms with E-state index in [-0.39, 0.29) is 17.5 Å². The Labute approximate surface area is 117 Å². The number of hydrogen-bond donors (Lipinski definition) is 2.